The van der Waals surface area contributed by atoms with Crippen molar-refractivity contribution in [1.82, 2.24) is 5.32 Å². The normalized spacial score (nSPS) is 12.7. The molecule has 1 aromatic carbocycles. The van der Waals surface area contributed by atoms with Crippen LogP contribution in [0.2, 0.25) is 0 Å². The highest BCUT2D eigenvalue weighted by Gasteiger charge is 2.27. The van der Waals surface area contributed by atoms with Gasteiger partial charge in [-0.1, -0.05) is 19.9 Å². The third kappa shape index (κ3) is 7.63. The molecule has 0 bridgehead atoms. The third-order valence-corrected chi connectivity index (χ3v) is 2.79. The molecule has 0 saturated heterocycles. The molecule has 0 aromatic heterocycles. The number of carbonyl (C=O) groups excluding carboxylic acids is 2. The van der Waals surface area contributed by atoms with Crippen molar-refractivity contribution >= 4 is 17.7 Å². The van der Waals surface area contributed by atoms with Crippen molar-refractivity contribution in [1.29, 1.82) is 0 Å². The standard InChI is InChI=1S/C17H25FN2O3/c1-11(2)9-14(15(21)23-17(3,4)5)20-16(22)19-13-8-6-7-12(18)10-13/h6-8,10-11,14H,9H2,1-5H3,(H2,19,20,22)/t14-/m1/s1. The Labute approximate surface area is 136 Å². The van der Waals surface area contributed by atoms with E-state index in [2.05, 4.69) is 10.6 Å². The van der Waals surface area contributed by atoms with Gasteiger partial charge in [-0.15, -0.1) is 0 Å². The fraction of sp³-hybridized carbons (Fsp3) is 0.529. The molecule has 0 aliphatic heterocycles. The number of hydrogen-bond donors (Lipinski definition) is 2. The molecule has 0 radical (unpaired) electrons. The molecule has 1 rings (SSSR count). The molecule has 2 amide bonds. The maximum atomic E-state index is 13.1. The van der Waals surface area contributed by atoms with Crippen LogP contribution in [0.4, 0.5) is 14.9 Å². The molecule has 6 heteroatoms. The predicted octanol–water partition coefficient (Wildman–Crippen LogP) is 3.70. The highest BCUT2D eigenvalue weighted by molar-refractivity contribution is 5.92. The molecule has 0 heterocycles. The van der Waals surface area contributed by atoms with Gasteiger partial charge >= 0.3 is 12.0 Å². The van der Waals surface area contributed by atoms with Crippen LogP contribution in [0, 0.1) is 11.7 Å². The molecule has 1 aromatic rings. The summed E-state index contributed by atoms with van der Waals surface area (Å²) in [4.78, 5) is 24.2. The molecule has 128 valence electrons. The van der Waals surface area contributed by atoms with Crippen molar-refractivity contribution in [3.05, 3.63) is 30.1 Å². The van der Waals surface area contributed by atoms with E-state index in [1.807, 2.05) is 13.8 Å². The molecule has 5 nitrogen and oxygen atoms in total. The molecule has 2 N–H and O–H groups in total. The van der Waals surface area contributed by atoms with Crippen molar-refractivity contribution in [3.8, 4) is 0 Å². The number of amides is 2. The summed E-state index contributed by atoms with van der Waals surface area (Å²) in [6, 6.07) is 4.20. The van der Waals surface area contributed by atoms with Crippen molar-refractivity contribution in [2.24, 2.45) is 5.92 Å². The number of rotatable bonds is 5. The minimum absolute atomic E-state index is 0.196. The minimum Gasteiger partial charge on any atom is -0.458 e. The van der Waals surface area contributed by atoms with Gasteiger partial charge in [0.05, 0.1) is 0 Å². The van der Waals surface area contributed by atoms with Gasteiger partial charge in [0.1, 0.15) is 17.5 Å². The Bertz CT molecular complexity index is 553. The first-order valence-electron chi connectivity index (χ1n) is 7.63. The van der Waals surface area contributed by atoms with E-state index in [4.69, 9.17) is 4.74 Å². The maximum Gasteiger partial charge on any atom is 0.329 e. The second kappa shape index (κ2) is 7.94. The number of urea groups is 1. The van der Waals surface area contributed by atoms with Crippen LogP contribution in [0.15, 0.2) is 24.3 Å². The van der Waals surface area contributed by atoms with Gasteiger partial charge < -0.3 is 15.4 Å². The molecular formula is C17H25FN2O3. The Morgan fingerprint density at radius 2 is 1.91 bits per heavy atom. The van der Waals surface area contributed by atoms with Gasteiger partial charge in [0.15, 0.2) is 0 Å². The average molecular weight is 324 g/mol. The Balaban J connectivity index is 2.72. The van der Waals surface area contributed by atoms with Gasteiger partial charge in [0.2, 0.25) is 0 Å². The molecule has 0 aliphatic rings. The number of carbonyl (C=O) groups is 2. The van der Waals surface area contributed by atoms with E-state index < -0.39 is 29.5 Å². The Kier molecular flexibility index (Phi) is 6.54. The van der Waals surface area contributed by atoms with Crippen molar-refractivity contribution in [3.63, 3.8) is 0 Å². The highest BCUT2D eigenvalue weighted by Crippen LogP contribution is 2.14. The molecule has 0 unspecified atom stereocenters. The van der Waals surface area contributed by atoms with Crippen LogP contribution >= 0.6 is 0 Å². The van der Waals surface area contributed by atoms with E-state index in [1.165, 1.54) is 18.2 Å². The zero-order valence-electron chi connectivity index (χ0n) is 14.3. The van der Waals surface area contributed by atoms with Crippen LogP contribution in [0.5, 0.6) is 0 Å². The summed E-state index contributed by atoms with van der Waals surface area (Å²) in [6.07, 6.45) is 0.450. The first kappa shape index (κ1) is 18.9. The minimum atomic E-state index is -0.761. The van der Waals surface area contributed by atoms with E-state index in [1.54, 1.807) is 26.8 Å². The van der Waals surface area contributed by atoms with Gasteiger partial charge in [-0.05, 0) is 51.3 Å². The fourth-order valence-electron chi connectivity index (χ4n) is 1.95. The van der Waals surface area contributed by atoms with Gasteiger partial charge in [-0.25, -0.2) is 14.0 Å². The largest absolute Gasteiger partial charge is 0.458 e. The van der Waals surface area contributed by atoms with Gasteiger partial charge in [0, 0.05) is 5.69 Å². The molecule has 1 atom stereocenters. The molecule has 0 spiro atoms. The van der Waals surface area contributed by atoms with Crippen molar-refractivity contribution in [2.45, 2.75) is 52.7 Å². The number of nitrogens with one attached hydrogen (secondary N) is 2. The zero-order valence-corrected chi connectivity index (χ0v) is 14.3. The number of hydrogen-bond acceptors (Lipinski definition) is 3. The Hall–Kier alpha value is -2.11. The van der Waals surface area contributed by atoms with Crippen LogP contribution in [-0.4, -0.2) is 23.6 Å². The smallest absolute Gasteiger partial charge is 0.329 e. The second-order valence-corrected chi connectivity index (χ2v) is 6.82. The van der Waals surface area contributed by atoms with Crippen LogP contribution in [-0.2, 0) is 9.53 Å². The topological polar surface area (TPSA) is 67.4 Å². The lowest BCUT2D eigenvalue weighted by Crippen LogP contribution is -2.46. The number of esters is 1. The first-order valence-corrected chi connectivity index (χ1v) is 7.63. The van der Waals surface area contributed by atoms with E-state index >= 15 is 0 Å². The lowest BCUT2D eigenvalue weighted by atomic mass is 10.0. The fourth-order valence-corrected chi connectivity index (χ4v) is 1.95. The number of anilines is 1. The van der Waals surface area contributed by atoms with E-state index in [0.717, 1.165) is 0 Å². The number of halogens is 1. The van der Waals surface area contributed by atoms with Gasteiger partial charge in [-0.2, -0.15) is 0 Å². The van der Waals surface area contributed by atoms with Crippen LogP contribution < -0.4 is 10.6 Å². The quantitative estimate of drug-likeness (QED) is 0.812. The Morgan fingerprint density at radius 3 is 2.43 bits per heavy atom. The summed E-state index contributed by atoms with van der Waals surface area (Å²) < 4.78 is 18.4. The van der Waals surface area contributed by atoms with Crippen molar-refractivity contribution < 1.29 is 18.7 Å². The summed E-state index contributed by atoms with van der Waals surface area (Å²) in [7, 11) is 0. The second-order valence-electron chi connectivity index (χ2n) is 6.82. The van der Waals surface area contributed by atoms with Crippen LogP contribution in [0.25, 0.3) is 0 Å². The molecule has 0 saturated carbocycles. The summed E-state index contributed by atoms with van der Waals surface area (Å²) in [5.74, 6) is -0.740. The predicted molar refractivity (Wildman–Crippen MR) is 87.6 cm³/mol. The lowest BCUT2D eigenvalue weighted by Gasteiger charge is -2.25. The Morgan fingerprint density at radius 1 is 1.26 bits per heavy atom. The third-order valence-electron chi connectivity index (χ3n) is 2.79. The summed E-state index contributed by atoms with van der Waals surface area (Å²) >= 11 is 0. The summed E-state index contributed by atoms with van der Waals surface area (Å²) in [5, 5.41) is 5.10. The first-order chi connectivity index (χ1) is 10.6. The average Bonchev–Trinajstić information content (AvgIpc) is 2.35. The highest BCUT2D eigenvalue weighted by atomic mass is 19.1. The van der Waals surface area contributed by atoms with Crippen LogP contribution in [0.3, 0.4) is 0 Å². The molecular weight excluding hydrogens is 299 g/mol. The van der Waals surface area contributed by atoms with Gasteiger partial charge in [-0.3, -0.25) is 0 Å². The maximum absolute atomic E-state index is 13.1. The monoisotopic (exact) mass is 324 g/mol. The SMILES string of the molecule is CC(C)C[C@@H](NC(=O)Nc1cccc(F)c1)C(=O)OC(C)(C)C. The summed E-state index contributed by atoms with van der Waals surface area (Å²) in [6.45, 7) is 9.20. The lowest BCUT2D eigenvalue weighted by molar-refractivity contribution is -0.157. The van der Waals surface area contributed by atoms with Crippen LogP contribution in [0.1, 0.15) is 41.0 Å². The molecule has 23 heavy (non-hydrogen) atoms. The number of ether oxygens (including phenoxy) is 1. The van der Waals surface area contributed by atoms with E-state index in [-0.39, 0.29) is 5.92 Å². The summed E-state index contributed by atoms with van der Waals surface area (Å²) in [5.41, 5.74) is -0.317. The van der Waals surface area contributed by atoms with E-state index in [9.17, 15) is 14.0 Å². The molecule has 0 fully saturated rings. The van der Waals surface area contributed by atoms with Gasteiger partial charge in [0.25, 0.3) is 0 Å². The zero-order chi connectivity index (χ0) is 17.6. The molecule has 0 aliphatic carbocycles. The van der Waals surface area contributed by atoms with Crippen molar-refractivity contribution in [2.75, 3.05) is 5.32 Å². The van der Waals surface area contributed by atoms with E-state index in [0.29, 0.717) is 12.1 Å². The number of benzene rings is 1.